The van der Waals surface area contributed by atoms with Crippen molar-refractivity contribution in [1.29, 1.82) is 0 Å². The lowest BCUT2D eigenvalue weighted by molar-refractivity contribution is 0.0916. The molecule has 1 aliphatic rings. The lowest BCUT2D eigenvalue weighted by atomic mass is 10.1. The number of methoxy groups -OCH3 is 3. The molecule has 3 aromatic rings. The van der Waals surface area contributed by atoms with Gasteiger partial charge in [0.25, 0.3) is 5.91 Å². The van der Waals surface area contributed by atoms with Crippen molar-refractivity contribution in [1.82, 2.24) is 4.98 Å². The summed E-state index contributed by atoms with van der Waals surface area (Å²) in [5.74, 6) is 1.10. The Morgan fingerprint density at radius 1 is 1.12 bits per heavy atom. The number of amides is 1. The van der Waals surface area contributed by atoms with Crippen LogP contribution in [0, 0.1) is 0 Å². The van der Waals surface area contributed by atoms with Crippen LogP contribution in [-0.4, -0.2) is 51.5 Å². The van der Waals surface area contributed by atoms with Crippen molar-refractivity contribution in [2.24, 2.45) is 0 Å². The molecular weight excluding hydrogens is 428 g/mol. The molecule has 0 unspecified atom stereocenters. The van der Waals surface area contributed by atoms with Crippen LogP contribution in [0.1, 0.15) is 23.2 Å². The molecule has 0 bridgehead atoms. The molecule has 0 radical (unpaired) electrons. The molecule has 1 aromatic heterocycles. The van der Waals surface area contributed by atoms with Crippen molar-refractivity contribution in [3.8, 4) is 28.5 Å². The van der Waals surface area contributed by atoms with Gasteiger partial charge in [-0.2, -0.15) is 0 Å². The van der Waals surface area contributed by atoms with Gasteiger partial charge in [-0.15, -0.1) is 11.3 Å². The van der Waals surface area contributed by atoms with E-state index in [9.17, 15) is 4.79 Å². The molecular formula is C24H26N2O5S. The number of nitrogens with zero attached hydrogens (tertiary/aromatic N) is 2. The molecule has 2 aromatic carbocycles. The van der Waals surface area contributed by atoms with E-state index in [1.807, 2.05) is 35.7 Å². The van der Waals surface area contributed by atoms with Crippen molar-refractivity contribution < 1.29 is 23.7 Å². The molecule has 32 heavy (non-hydrogen) atoms. The van der Waals surface area contributed by atoms with Crippen molar-refractivity contribution >= 4 is 22.4 Å². The highest BCUT2D eigenvalue weighted by Crippen LogP contribution is 2.39. The summed E-state index contributed by atoms with van der Waals surface area (Å²) in [6.45, 7) is 1.14. The summed E-state index contributed by atoms with van der Waals surface area (Å²) in [6, 6.07) is 13.2. The average Bonchev–Trinajstić information content (AvgIpc) is 3.54. The smallest absolute Gasteiger partial charge is 0.260 e. The van der Waals surface area contributed by atoms with E-state index in [2.05, 4.69) is 0 Å². The van der Waals surface area contributed by atoms with Gasteiger partial charge in [0.1, 0.15) is 0 Å². The quantitative estimate of drug-likeness (QED) is 0.493. The van der Waals surface area contributed by atoms with E-state index in [0.29, 0.717) is 41.1 Å². The fourth-order valence-corrected chi connectivity index (χ4v) is 4.57. The van der Waals surface area contributed by atoms with E-state index in [-0.39, 0.29) is 12.0 Å². The molecule has 4 rings (SSSR count). The van der Waals surface area contributed by atoms with Gasteiger partial charge in [0.15, 0.2) is 16.6 Å². The van der Waals surface area contributed by atoms with Gasteiger partial charge in [0.05, 0.1) is 39.7 Å². The van der Waals surface area contributed by atoms with Crippen LogP contribution in [0.4, 0.5) is 5.13 Å². The van der Waals surface area contributed by atoms with Crippen LogP contribution < -0.4 is 19.1 Å². The van der Waals surface area contributed by atoms with E-state index in [1.54, 1.807) is 17.0 Å². The van der Waals surface area contributed by atoms with E-state index >= 15 is 0 Å². The highest BCUT2D eigenvalue weighted by atomic mass is 32.1. The predicted molar refractivity (Wildman–Crippen MR) is 124 cm³/mol. The normalized spacial score (nSPS) is 15.4. The van der Waals surface area contributed by atoms with Crippen molar-refractivity contribution in [2.45, 2.75) is 18.9 Å². The molecule has 0 saturated carbocycles. The van der Waals surface area contributed by atoms with Crippen molar-refractivity contribution in [2.75, 3.05) is 39.4 Å². The zero-order chi connectivity index (χ0) is 22.5. The summed E-state index contributed by atoms with van der Waals surface area (Å²) in [5, 5.41) is 2.59. The number of aromatic nitrogens is 1. The third-order valence-electron chi connectivity index (χ3n) is 5.36. The molecule has 168 valence electrons. The van der Waals surface area contributed by atoms with Gasteiger partial charge in [0, 0.05) is 23.1 Å². The first-order chi connectivity index (χ1) is 15.6. The molecule has 0 N–H and O–H groups in total. The highest BCUT2D eigenvalue weighted by molar-refractivity contribution is 7.14. The fraction of sp³-hybridized carbons (Fsp3) is 0.333. The molecule has 1 fully saturated rings. The van der Waals surface area contributed by atoms with Crippen molar-refractivity contribution in [3.05, 3.63) is 53.4 Å². The van der Waals surface area contributed by atoms with Gasteiger partial charge in [-0.3, -0.25) is 9.69 Å². The summed E-state index contributed by atoms with van der Waals surface area (Å²) in [4.78, 5) is 20.2. The number of carbonyl (C=O) groups excluding carboxylic acids is 1. The predicted octanol–water partition coefficient (Wildman–Crippen LogP) is 4.66. The highest BCUT2D eigenvalue weighted by Gasteiger charge is 2.28. The largest absolute Gasteiger partial charge is 0.493 e. The van der Waals surface area contributed by atoms with E-state index < -0.39 is 0 Å². The maximum atomic E-state index is 13.7. The van der Waals surface area contributed by atoms with E-state index in [4.69, 9.17) is 23.9 Å². The second kappa shape index (κ2) is 10.0. The minimum Gasteiger partial charge on any atom is -0.493 e. The van der Waals surface area contributed by atoms with Crippen molar-refractivity contribution in [3.63, 3.8) is 0 Å². The molecule has 1 atom stereocenters. The fourth-order valence-electron chi connectivity index (χ4n) is 3.73. The minimum atomic E-state index is -0.200. The van der Waals surface area contributed by atoms with Crippen LogP contribution in [0.5, 0.6) is 17.2 Å². The van der Waals surface area contributed by atoms with Crippen LogP contribution in [0.15, 0.2) is 47.8 Å². The maximum Gasteiger partial charge on any atom is 0.260 e. The van der Waals surface area contributed by atoms with Crippen LogP contribution >= 0.6 is 11.3 Å². The third-order valence-corrected chi connectivity index (χ3v) is 6.22. The third kappa shape index (κ3) is 4.56. The second-order valence-electron chi connectivity index (χ2n) is 7.35. The number of anilines is 1. The lowest BCUT2D eigenvalue weighted by Gasteiger charge is -2.24. The zero-order valence-corrected chi connectivity index (χ0v) is 19.2. The standard InChI is InChI=1S/C24H26N2O5S/c1-28-20-12-17(13-21(29-2)22(20)30-3)23(27)26(14-18-10-7-11-31-18)24-25-19(15-32-24)16-8-5-4-6-9-16/h4-6,8-9,12-13,15,18H,7,10-11,14H2,1-3H3/t18-/m1/s1. The summed E-state index contributed by atoms with van der Waals surface area (Å²) < 4.78 is 22.1. The number of thiazole rings is 1. The molecule has 2 heterocycles. The Balaban J connectivity index is 1.71. The Labute approximate surface area is 191 Å². The topological polar surface area (TPSA) is 70.1 Å². The average molecular weight is 455 g/mol. The molecule has 7 nitrogen and oxygen atoms in total. The van der Waals surface area contributed by atoms with Crippen LogP contribution in [0.25, 0.3) is 11.3 Å². The Kier molecular flexibility index (Phi) is 6.92. The molecule has 1 amide bonds. The van der Waals surface area contributed by atoms with Crippen LogP contribution in [-0.2, 0) is 4.74 Å². The summed E-state index contributed by atoms with van der Waals surface area (Å²) in [7, 11) is 4.59. The van der Waals surface area contributed by atoms with Gasteiger partial charge < -0.3 is 18.9 Å². The van der Waals surface area contributed by atoms with Gasteiger partial charge in [-0.25, -0.2) is 4.98 Å². The summed E-state index contributed by atoms with van der Waals surface area (Å²) >= 11 is 1.44. The number of rotatable bonds is 8. The molecule has 0 spiro atoms. The first-order valence-electron chi connectivity index (χ1n) is 10.4. The number of benzene rings is 2. The molecule has 8 heteroatoms. The molecule has 1 saturated heterocycles. The van der Waals surface area contributed by atoms with E-state index in [0.717, 1.165) is 24.1 Å². The Morgan fingerprint density at radius 3 is 2.44 bits per heavy atom. The number of ether oxygens (including phenoxy) is 4. The minimum absolute atomic E-state index is 0.0231. The first-order valence-corrected chi connectivity index (χ1v) is 11.3. The summed E-state index contributed by atoms with van der Waals surface area (Å²) in [6.07, 6.45) is 1.88. The van der Waals surface area contributed by atoms with Crippen LogP contribution in [0.2, 0.25) is 0 Å². The number of carbonyl (C=O) groups is 1. The van der Waals surface area contributed by atoms with Gasteiger partial charge >= 0.3 is 0 Å². The van der Waals surface area contributed by atoms with Gasteiger partial charge in [-0.1, -0.05) is 30.3 Å². The van der Waals surface area contributed by atoms with Gasteiger partial charge in [-0.05, 0) is 25.0 Å². The summed E-state index contributed by atoms with van der Waals surface area (Å²) in [5.41, 5.74) is 2.27. The SMILES string of the molecule is COc1cc(C(=O)N(C[C@H]2CCCO2)c2nc(-c3ccccc3)cs2)cc(OC)c1OC. The van der Waals surface area contributed by atoms with E-state index in [1.165, 1.54) is 32.7 Å². The van der Waals surface area contributed by atoms with Crippen LogP contribution in [0.3, 0.4) is 0 Å². The Hall–Kier alpha value is -3.10. The Bertz CT molecular complexity index is 1040. The van der Waals surface area contributed by atoms with Gasteiger partial charge in [0.2, 0.25) is 5.75 Å². The molecule has 0 aliphatic carbocycles. The number of hydrogen-bond donors (Lipinski definition) is 0. The zero-order valence-electron chi connectivity index (χ0n) is 18.4. The first kappa shape index (κ1) is 22.1. The lowest BCUT2D eigenvalue weighted by Crippen LogP contribution is -2.37. The monoisotopic (exact) mass is 454 g/mol. The molecule has 1 aliphatic heterocycles. The Morgan fingerprint density at radius 2 is 1.84 bits per heavy atom. The maximum absolute atomic E-state index is 13.7. The number of hydrogen-bond acceptors (Lipinski definition) is 7. The second-order valence-corrected chi connectivity index (χ2v) is 8.18.